The molecule has 0 saturated carbocycles. The van der Waals surface area contributed by atoms with Gasteiger partial charge in [-0.15, -0.1) is 24.0 Å². The maximum absolute atomic E-state index is 5.42. The number of hydrogen-bond donors (Lipinski definition) is 2. The standard InChI is InChI=1S/C17H29N3O2.HI/c1-14-8-9-15(16(12-14)22-4)13-20-17(18-2)19-10-6-5-7-11-21-3;/h8-9,12H,5-7,10-11,13H2,1-4H3,(H2,18,19,20);1H. The van der Waals surface area contributed by atoms with Gasteiger partial charge in [0.2, 0.25) is 0 Å². The molecule has 5 nitrogen and oxygen atoms in total. The van der Waals surface area contributed by atoms with Gasteiger partial charge in [-0.1, -0.05) is 12.1 Å². The van der Waals surface area contributed by atoms with Gasteiger partial charge in [0.15, 0.2) is 5.96 Å². The predicted molar refractivity (Wildman–Crippen MR) is 107 cm³/mol. The van der Waals surface area contributed by atoms with Crippen LogP contribution in [0.15, 0.2) is 23.2 Å². The summed E-state index contributed by atoms with van der Waals surface area (Å²) in [4.78, 5) is 4.24. The van der Waals surface area contributed by atoms with E-state index in [0.717, 1.165) is 49.7 Å². The third-order valence-corrected chi connectivity index (χ3v) is 3.43. The van der Waals surface area contributed by atoms with E-state index in [1.54, 1.807) is 21.3 Å². The summed E-state index contributed by atoms with van der Waals surface area (Å²) in [6.45, 7) is 4.49. The van der Waals surface area contributed by atoms with Crippen molar-refractivity contribution >= 4 is 29.9 Å². The van der Waals surface area contributed by atoms with Gasteiger partial charge in [-0.05, 0) is 37.8 Å². The topological polar surface area (TPSA) is 54.9 Å². The quantitative estimate of drug-likeness (QED) is 0.271. The minimum atomic E-state index is 0. The Morgan fingerprint density at radius 3 is 2.57 bits per heavy atom. The van der Waals surface area contributed by atoms with Crippen LogP contribution in [-0.2, 0) is 11.3 Å². The Kier molecular flexibility index (Phi) is 12.8. The first-order valence-corrected chi connectivity index (χ1v) is 7.78. The van der Waals surface area contributed by atoms with E-state index < -0.39 is 0 Å². The third-order valence-electron chi connectivity index (χ3n) is 3.43. The Bertz CT molecular complexity index is 467. The molecule has 0 aliphatic rings. The van der Waals surface area contributed by atoms with Crippen molar-refractivity contribution in [3.8, 4) is 5.75 Å². The Labute approximate surface area is 157 Å². The molecule has 0 aliphatic heterocycles. The summed E-state index contributed by atoms with van der Waals surface area (Å²) < 4.78 is 10.5. The van der Waals surface area contributed by atoms with E-state index in [9.17, 15) is 0 Å². The molecule has 0 amide bonds. The summed E-state index contributed by atoms with van der Waals surface area (Å²) in [6, 6.07) is 6.22. The van der Waals surface area contributed by atoms with E-state index in [2.05, 4.69) is 34.7 Å². The fourth-order valence-corrected chi connectivity index (χ4v) is 2.15. The molecule has 0 aliphatic carbocycles. The molecule has 0 bridgehead atoms. The zero-order valence-electron chi connectivity index (χ0n) is 14.6. The normalized spacial score (nSPS) is 10.9. The fourth-order valence-electron chi connectivity index (χ4n) is 2.15. The van der Waals surface area contributed by atoms with Gasteiger partial charge in [-0.3, -0.25) is 4.99 Å². The molecular formula is C17H30IN3O2. The molecule has 6 heteroatoms. The van der Waals surface area contributed by atoms with E-state index in [1.807, 2.05) is 6.07 Å². The Morgan fingerprint density at radius 1 is 1.13 bits per heavy atom. The number of benzene rings is 1. The number of ether oxygens (including phenoxy) is 2. The van der Waals surface area contributed by atoms with Gasteiger partial charge in [-0.25, -0.2) is 0 Å². The summed E-state index contributed by atoms with van der Waals surface area (Å²) in [5.74, 6) is 1.72. The van der Waals surface area contributed by atoms with Crippen molar-refractivity contribution in [1.29, 1.82) is 0 Å². The van der Waals surface area contributed by atoms with E-state index in [1.165, 1.54) is 5.56 Å². The lowest BCUT2D eigenvalue weighted by molar-refractivity contribution is 0.192. The minimum absolute atomic E-state index is 0. The molecule has 0 radical (unpaired) electrons. The monoisotopic (exact) mass is 435 g/mol. The number of methoxy groups -OCH3 is 2. The molecule has 132 valence electrons. The van der Waals surface area contributed by atoms with E-state index in [0.29, 0.717) is 6.54 Å². The summed E-state index contributed by atoms with van der Waals surface area (Å²) in [5.41, 5.74) is 2.32. The van der Waals surface area contributed by atoms with Crippen LogP contribution in [0.1, 0.15) is 30.4 Å². The molecule has 23 heavy (non-hydrogen) atoms. The smallest absolute Gasteiger partial charge is 0.191 e. The number of halogens is 1. The van der Waals surface area contributed by atoms with Crippen molar-refractivity contribution in [2.24, 2.45) is 4.99 Å². The van der Waals surface area contributed by atoms with Gasteiger partial charge in [0.1, 0.15) is 5.75 Å². The molecular weight excluding hydrogens is 405 g/mol. The largest absolute Gasteiger partial charge is 0.496 e. The number of nitrogens with one attached hydrogen (secondary N) is 2. The molecule has 0 aromatic heterocycles. The number of guanidine groups is 1. The molecule has 1 aromatic carbocycles. The fraction of sp³-hybridized carbons (Fsp3) is 0.588. The van der Waals surface area contributed by atoms with Crippen LogP contribution in [0, 0.1) is 6.92 Å². The van der Waals surface area contributed by atoms with Crippen molar-refractivity contribution in [2.45, 2.75) is 32.7 Å². The summed E-state index contributed by atoms with van der Waals surface area (Å²) in [7, 11) is 5.22. The van der Waals surface area contributed by atoms with E-state index in [-0.39, 0.29) is 24.0 Å². The van der Waals surface area contributed by atoms with Gasteiger partial charge in [0, 0.05) is 39.4 Å². The minimum Gasteiger partial charge on any atom is -0.496 e. The van der Waals surface area contributed by atoms with Crippen LogP contribution in [0.5, 0.6) is 5.75 Å². The highest BCUT2D eigenvalue weighted by molar-refractivity contribution is 14.0. The molecule has 0 fully saturated rings. The lowest BCUT2D eigenvalue weighted by Gasteiger charge is -2.14. The summed E-state index contributed by atoms with van der Waals surface area (Å²) in [5, 5.41) is 6.64. The first kappa shape index (κ1) is 22.0. The zero-order valence-corrected chi connectivity index (χ0v) is 17.0. The number of rotatable bonds is 9. The van der Waals surface area contributed by atoms with Crippen LogP contribution in [0.3, 0.4) is 0 Å². The molecule has 0 heterocycles. The number of aliphatic imine (C=N–C) groups is 1. The lowest BCUT2D eigenvalue weighted by Crippen LogP contribution is -2.37. The molecule has 0 unspecified atom stereocenters. The first-order chi connectivity index (χ1) is 10.7. The van der Waals surface area contributed by atoms with E-state index in [4.69, 9.17) is 9.47 Å². The average molecular weight is 435 g/mol. The summed E-state index contributed by atoms with van der Waals surface area (Å²) in [6.07, 6.45) is 3.37. The second-order valence-corrected chi connectivity index (χ2v) is 5.22. The Balaban J connectivity index is 0.00000484. The third kappa shape index (κ3) is 9.00. The predicted octanol–water partition coefficient (Wildman–Crippen LogP) is 3.10. The zero-order chi connectivity index (χ0) is 16.2. The highest BCUT2D eigenvalue weighted by Gasteiger charge is 2.04. The number of aryl methyl sites for hydroxylation is 1. The first-order valence-electron chi connectivity index (χ1n) is 7.78. The molecule has 1 rings (SSSR count). The second kappa shape index (κ2) is 13.4. The van der Waals surface area contributed by atoms with Crippen molar-refractivity contribution in [2.75, 3.05) is 34.4 Å². The molecule has 0 atom stereocenters. The number of nitrogens with zero attached hydrogens (tertiary/aromatic N) is 1. The molecule has 1 aromatic rings. The van der Waals surface area contributed by atoms with Crippen molar-refractivity contribution in [3.63, 3.8) is 0 Å². The van der Waals surface area contributed by atoms with Crippen LogP contribution in [0.4, 0.5) is 0 Å². The number of unbranched alkanes of at least 4 members (excludes halogenated alkanes) is 2. The van der Waals surface area contributed by atoms with Gasteiger partial charge >= 0.3 is 0 Å². The van der Waals surface area contributed by atoms with Crippen LogP contribution in [-0.4, -0.2) is 40.4 Å². The van der Waals surface area contributed by atoms with Crippen LogP contribution < -0.4 is 15.4 Å². The molecule has 2 N–H and O–H groups in total. The average Bonchev–Trinajstić information content (AvgIpc) is 2.54. The Morgan fingerprint density at radius 2 is 1.91 bits per heavy atom. The van der Waals surface area contributed by atoms with Gasteiger partial charge in [0.05, 0.1) is 7.11 Å². The van der Waals surface area contributed by atoms with Crippen molar-refractivity contribution < 1.29 is 9.47 Å². The second-order valence-electron chi connectivity index (χ2n) is 5.22. The van der Waals surface area contributed by atoms with Crippen molar-refractivity contribution in [1.82, 2.24) is 10.6 Å². The highest BCUT2D eigenvalue weighted by Crippen LogP contribution is 2.19. The molecule has 0 spiro atoms. The van der Waals surface area contributed by atoms with Gasteiger partial charge in [-0.2, -0.15) is 0 Å². The molecule has 0 saturated heterocycles. The van der Waals surface area contributed by atoms with Crippen molar-refractivity contribution in [3.05, 3.63) is 29.3 Å². The van der Waals surface area contributed by atoms with Gasteiger partial charge in [0.25, 0.3) is 0 Å². The van der Waals surface area contributed by atoms with Crippen LogP contribution in [0.25, 0.3) is 0 Å². The summed E-state index contributed by atoms with van der Waals surface area (Å²) >= 11 is 0. The van der Waals surface area contributed by atoms with Gasteiger partial charge < -0.3 is 20.1 Å². The van der Waals surface area contributed by atoms with E-state index >= 15 is 0 Å². The van der Waals surface area contributed by atoms with Crippen LogP contribution >= 0.6 is 24.0 Å². The lowest BCUT2D eigenvalue weighted by atomic mass is 10.1. The Hall–Kier alpha value is -1.02. The maximum Gasteiger partial charge on any atom is 0.191 e. The maximum atomic E-state index is 5.42. The SMILES string of the molecule is CN=C(NCCCCCOC)NCc1ccc(C)cc1OC.I. The number of hydrogen-bond acceptors (Lipinski definition) is 3. The highest BCUT2D eigenvalue weighted by atomic mass is 127. The van der Waals surface area contributed by atoms with Crippen LogP contribution in [0.2, 0.25) is 0 Å².